The molecular weight excluding hydrogens is 264 g/mol. The molecule has 0 heterocycles. The van der Waals surface area contributed by atoms with Gasteiger partial charge in [-0.25, -0.2) is 0 Å². The van der Waals surface area contributed by atoms with Crippen molar-refractivity contribution >= 4 is 17.6 Å². The summed E-state index contributed by atoms with van der Waals surface area (Å²) in [6, 6.07) is 3.89. The van der Waals surface area contributed by atoms with Crippen molar-refractivity contribution < 1.29 is 14.6 Å². The summed E-state index contributed by atoms with van der Waals surface area (Å²) in [6.45, 7) is 7.92. The molecule has 0 amide bonds. The van der Waals surface area contributed by atoms with Gasteiger partial charge in [0.1, 0.15) is 5.75 Å². The van der Waals surface area contributed by atoms with Crippen molar-refractivity contribution in [3.63, 3.8) is 0 Å². The Kier molecular flexibility index (Phi) is 4.86. The second-order valence-corrected chi connectivity index (χ2v) is 6.07. The van der Waals surface area contributed by atoms with Crippen molar-refractivity contribution in [2.75, 3.05) is 7.11 Å². The Hall–Kier alpha value is -1.22. The van der Waals surface area contributed by atoms with E-state index in [0.717, 1.165) is 11.1 Å². The van der Waals surface area contributed by atoms with E-state index in [4.69, 9.17) is 21.4 Å². The van der Waals surface area contributed by atoms with Gasteiger partial charge in [-0.3, -0.25) is 4.79 Å². The van der Waals surface area contributed by atoms with E-state index >= 15 is 0 Å². The number of hydrogen-bond donors (Lipinski definition) is 1. The van der Waals surface area contributed by atoms with Crippen LogP contribution in [0.25, 0.3) is 0 Å². The average Bonchev–Trinajstić information content (AvgIpc) is 2.26. The molecule has 0 fully saturated rings. The van der Waals surface area contributed by atoms with Crippen molar-refractivity contribution in [2.45, 2.75) is 45.4 Å². The first kappa shape index (κ1) is 15.8. The Morgan fingerprint density at radius 2 is 2.00 bits per heavy atom. The summed E-state index contributed by atoms with van der Waals surface area (Å²) < 4.78 is 5.30. The molecule has 0 saturated heterocycles. The fourth-order valence-electron chi connectivity index (χ4n) is 2.07. The lowest BCUT2D eigenvalue weighted by Gasteiger charge is -2.26. The molecule has 1 aromatic rings. The average molecular weight is 285 g/mol. The lowest BCUT2D eigenvalue weighted by atomic mass is 9.80. The van der Waals surface area contributed by atoms with E-state index in [-0.39, 0.29) is 6.42 Å². The molecule has 3 nitrogen and oxygen atoms in total. The van der Waals surface area contributed by atoms with Gasteiger partial charge in [-0.05, 0) is 23.1 Å². The van der Waals surface area contributed by atoms with E-state index in [2.05, 4.69) is 13.8 Å². The minimum absolute atomic E-state index is 0.0252. The first-order valence-electron chi connectivity index (χ1n) is 6.28. The number of benzene rings is 1. The molecule has 0 saturated carbocycles. The standard InChI is InChI=1S/C15H21ClO3/c1-9(2)10-6-11(14(16)12(7-10)19-5)15(3,4)8-13(17)18/h6-7,9H,8H2,1-5H3,(H,17,18). The molecular formula is C15H21ClO3. The van der Waals surface area contributed by atoms with Crippen molar-refractivity contribution in [3.8, 4) is 5.75 Å². The quantitative estimate of drug-likeness (QED) is 0.880. The molecule has 106 valence electrons. The zero-order valence-corrected chi connectivity index (χ0v) is 12.8. The Balaban J connectivity index is 3.40. The number of carboxylic acids is 1. The van der Waals surface area contributed by atoms with Crippen LogP contribution in [0.15, 0.2) is 12.1 Å². The highest BCUT2D eigenvalue weighted by Gasteiger charge is 2.28. The van der Waals surface area contributed by atoms with E-state index in [9.17, 15) is 4.79 Å². The maximum absolute atomic E-state index is 11.0. The van der Waals surface area contributed by atoms with Gasteiger partial charge in [0, 0.05) is 5.41 Å². The number of carbonyl (C=O) groups is 1. The maximum atomic E-state index is 11.0. The highest BCUT2D eigenvalue weighted by molar-refractivity contribution is 6.33. The molecule has 0 atom stereocenters. The summed E-state index contributed by atoms with van der Waals surface area (Å²) in [6.07, 6.45) is 0.0252. The molecule has 0 radical (unpaired) electrons. The van der Waals surface area contributed by atoms with Gasteiger partial charge in [0.15, 0.2) is 0 Å². The van der Waals surface area contributed by atoms with Crippen molar-refractivity contribution in [1.82, 2.24) is 0 Å². The fraction of sp³-hybridized carbons (Fsp3) is 0.533. The van der Waals surface area contributed by atoms with Crippen molar-refractivity contribution in [2.24, 2.45) is 0 Å². The van der Waals surface area contributed by atoms with Crippen LogP contribution in [-0.4, -0.2) is 18.2 Å². The summed E-state index contributed by atoms with van der Waals surface area (Å²) in [4.78, 5) is 11.0. The van der Waals surface area contributed by atoms with Crippen LogP contribution in [0, 0.1) is 0 Å². The number of hydrogen-bond acceptors (Lipinski definition) is 2. The third-order valence-electron chi connectivity index (χ3n) is 3.27. The zero-order chi connectivity index (χ0) is 14.8. The van der Waals surface area contributed by atoms with Crippen LogP contribution in [0.3, 0.4) is 0 Å². The Morgan fingerprint density at radius 3 is 2.42 bits per heavy atom. The lowest BCUT2D eigenvalue weighted by molar-refractivity contribution is -0.138. The molecule has 0 aliphatic carbocycles. The molecule has 0 aliphatic rings. The lowest BCUT2D eigenvalue weighted by Crippen LogP contribution is -2.22. The van der Waals surface area contributed by atoms with Crippen LogP contribution in [0.5, 0.6) is 5.75 Å². The fourth-order valence-corrected chi connectivity index (χ4v) is 2.51. The maximum Gasteiger partial charge on any atom is 0.304 e. The zero-order valence-electron chi connectivity index (χ0n) is 12.1. The molecule has 0 unspecified atom stereocenters. The number of halogens is 1. The topological polar surface area (TPSA) is 46.5 Å². The Morgan fingerprint density at radius 1 is 1.42 bits per heavy atom. The van der Waals surface area contributed by atoms with Crippen molar-refractivity contribution in [1.29, 1.82) is 0 Å². The number of aliphatic carboxylic acids is 1. The van der Waals surface area contributed by atoms with Gasteiger partial charge in [-0.15, -0.1) is 0 Å². The molecule has 4 heteroatoms. The highest BCUT2D eigenvalue weighted by atomic mass is 35.5. The summed E-state index contributed by atoms with van der Waals surface area (Å²) in [5.41, 5.74) is 1.37. The summed E-state index contributed by atoms with van der Waals surface area (Å²) in [5.74, 6) is 0.0851. The summed E-state index contributed by atoms with van der Waals surface area (Å²) in [7, 11) is 1.57. The van der Waals surface area contributed by atoms with Gasteiger partial charge in [0.25, 0.3) is 0 Å². The van der Waals surface area contributed by atoms with Gasteiger partial charge < -0.3 is 9.84 Å². The summed E-state index contributed by atoms with van der Waals surface area (Å²) >= 11 is 6.34. The Bertz CT molecular complexity index is 479. The second-order valence-electron chi connectivity index (χ2n) is 5.69. The van der Waals surface area contributed by atoms with E-state index in [1.807, 2.05) is 26.0 Å². The number of carboxylic acid groups (broad SMARTS) is 1. The third-order valence-corrected chi connectivity index (χ3v) is 3.66. The van der Waals surface area contributed by atoms with Crippen LogP contribution in [0.4, 0.5) is 0 Å². The molecule has 0 aliphatic heterocycles. The first-order valence-corrected chi connectivity index (χ1v) is 6.66. The third kappa shape index (κ3) is 3.63. The van der Waals surface area contributed by atoms with Crippen molar-refractivity contribution in [3.05, 3.63) is 28.3 Å². The predicted molar refractivity (Wildman–Crippen MR) is 77.4 cm³/mol. The minimum atomic E-state index is -0.838. The number of rotatable bonds is 5. The predicted octanol–water partition coefficient (Wildman–Crippen LogP) is 4.22. The van der Waals surface area contributed by atoms with Crippen LogP contribution < -0.4 is 4.74 Å². The van der Waals surface area contributed by atoms with Gasteiger partial charge in [0.2, 0.25) is 0 Å². The SMILES string of the molecule is COc1cc(C(C)C)cc(C(C)(C)CC(=O)O)c1Cl. The first-order chi connectivity index (χ1) is 8.69. The van der Waals surface area contributed by atoms with E-state index < -0.39 is 11.4 Å². The van der Waals surface area contributed by atoms with Crippen LogP contribution in [0.2, 0.25) is 5.02 Å². The molecule has 19 heavy (non-hydrogen) atoms. The molecule has 0 bridgehead atoms. The monoisotopic (exact) mass is 284 g/mol. The van der Waals surface area contributed by atoms with Gasteiger partial charge in [0.05, 0.1) is 18.6 Å². The van der Waals surface area contributed by atoms with Gasteiger partial charge in [-0.1, -0.05) is 45.4 Å². The number of ether oxygens (including phenoxy) is 1. The molecule has 1 rings (SSSR count). The molecule has 0 aromatic heterocycles. The number of methoxy groups -OCH3 is 1. The van der Waals surface area contributed by atoms with E-state index in [1.54, 1.807) is 7.11 Å². The molecule has 1 aromatic carbocycles. The molecule has 1 N–H and O–H groups in total. The molecule has 0 spiro atoms. The van der Waals surface area contributed by atoms with E-state index in [0.29, 0.717) is 16.7 Å². The minimum Gasteiger partial charge on any atom is -0.495 e. The second kappa shape index (κ2) is 5.83. The normalized spacial score (nSPS) is 11.7. The van der Waals surface area contributed by atoms with E-state index in [1.165, 1.54) is 0 Å². The highest BCUT2D eigenvalue weighted by Crippen LogP contribution is 2.40. The Labute approximate surface area is 119 Å². The van der Waals surface area contributed by atoms with Gasteiger partial charge >= 0.3 is 5.97 Å². The van der Waals surface area contributed by atoms with Crippen LogP contribution >= 0.6 is 11.6 Å². The van der Waals surface area contributed by atoms with Crippen LogP contribution in [-0.2, 0) is 10.2 Å². The smallest absolute Gasteiger partial charge is 0.304 e. The van der Waals surface area contributed by atoms with Gasteiger partial charge in [-0.2, -0.15) is 0 Å². The summed E-state index contributed by atoms with van der Waals surface area (Å²) in [5, 5.41) is 9.53. The largest absolute Gasteiger partial charge is 0.495 e. The van der Waals surface area contributed by atoms with Crippen LogP contribution in [0.1, 0.15) is 51.2 Å².